The summed E-state index contributed by atoms with van der Waals surface area (Å²) in [6, 6.07) is 0. The van der Waals surface area contributed by atoms with Crippen LogP contribution < -0.4 is 0 Å². The number of alkyl halides is 1. The van der Waals surface area contributed by atoms with E-state index in [1.165, 1.54) is 19.3 Å². The molecule has 19 heavy (non-hydrogen) atoms. The number of carbonyl (C=O) groups excluding carboxylic acids is 1. The molecule has 1 heterocycles. The van der Waals surface area contributed by atoms with E-state index in [1.807, 2.05) is 25.7 Å². The molecule has 108 valence electrons. The fourth-order valence-corrected chi connectivity index (χ4v) is 4.97. The molecule has 3 aliphatic carbocycles. The normalized spacial score (nSPS) is 38.4. The number of amides is 1. The van der Waals surface area contributed by atoms with E-state index in [1.54, 1.807) is 0 Å². The Hall–Kier alpha value is -0.440. The van der Waals surface area contributed by atoms with Crippen molar-refractivity contribution in [2.24, 2.45) is 11.3 Å². The quantitative estimate of drug-likeness (QED) is 0.686. The van der Waals surface area contributed by atoms with Gasteiger partial charge in [0.2, 0.25) is 0 Å². The summed E-state index contributed by atoms with van der Waals surface area (Å²) in [6.07, 6.45) is 5.70. The van der Waals surface area contributed by atoms with Gasteiger partial charge in [0.25, 0.3) is 0 Å². The van der Waals surface area contributed by atoms with E-state index in [2.05, 4.69) is 0 Å². The minimum atomic E-state index is -0.396. The predicted molar refractivity (Wildman–Crippen MR) is 75.4 cm³/mol. The highest BCUT2D eigenvalue weighted by atomic mass is 35.5. The van der Waals surface area contributed by atoms with Gasteiger partial charge >= 0.3 is 6.09 Å². The van der Waals surface area contributed by atoms with Crippen LogP contribution in [0.15, 0.2) is 0 Å². The molecular weight excluding hydrogens is 262 g/mol. The van der Waals surface area contributed by atoms with Crippen LogP contribution in [-0.4, -0.2) is 34.6 Å². The van der Waals surface area contributed by atoms with Crippen molar-refractivity contribution < 1.29 is 9.53 Å². The van der Waals surface area contributed by atoms with E-state index < -0.39 is 5.60 Å². The Bertz CT molecular complexity index is 374. The minimum absolute atomic E-state index is 0.155. The van der Waals surface area contributed by atoms with Crippen LogP contribution in [0.4, 0.5) is 4.79 Å². The number of ether oxygens (including phenoxy) is 1. The molecule has 4 rings (SSSR count). The van der Waals surface area contributed by atoms with Crippen molar-refractivity contribution in [3.8, 4) is 0 Å². The summed E-state index contributed by atoms with van der Waals surface area (Å²) in [4.78, 5) is 14.0. The molecule has 3 saturated carbocycles. The number of nitrogens with zero attached hydrogens (tertiary/aromatic N) is 1. The van der Waals surface area contributed by atoms with Crippen molar-refractivity contribution in [2.45, 2.75) is 63.4 Å². The lowest BCUT2D eigenvalue weighted by molar-refractivity contribution is -0.142. The Morgan fingerprint density at radius 3 is 2.16 bits per heavy atom. The number of rotatable bonds is 1. The molecular formula is C15H24ClNO2. The third kappa shape index (κ3) is 2.35. The lowest BCUT2D eigenvalue weighted by atomic mass is 9.38. The van der Waals surface area contributed by atoms with Crippen LogP contribution >= 0.6 is 11.6 Å². The number of hydrogen-bond acceptors (Lipinski definition) is 2. The molecule has 0 spiro atoms. The fraction of sp³-hybridized carbons (Fsp3) is 0.933. The first-order valence-electron chi connectivity index (χ1n) is 7.38. The molecule has 3 nitrogen and oxygen atoms in total. The van der Waals surface area contributed by atoms with E-state index in [-0.39, 0.29) is 11.0 Å². The standard InChI is InChI=1S/C15H24ClNO2/c1-13(2,3)19-12(18)17-6-4-11(5-7-17)14-8-15(16,9-14)10-14/h11H,4-10H2,1-3H3. The first-order valence-corrected chi connectivity index (χ1v) is 7.76. The van der Waals surface area contributed by atoms with Crippen molar-refractivity contribution >= 4 is 17.7 Å². The summed E-state index contributed by atoms with van der Waals surface area (Å²) in [5.74, 6) is 0.770. The molecule has 1 amide bonds. The van der Waals surface area contributed by atoms with Crippen molar-refractivity contribution in [1.82, 2.24) is 4.90 Å². The molecule has 1 aliphatic heterocycles. The van der Waals surface area contributed by atoms with E-state index in [0.717, 1.165) is 31.8 Å². The summed E-state index contributed by atoms with van der Waals surface area (Å²) >= 11 is 6.35. The van der Waals surface area contributed by atoms with E-state index in [4.69, 9.17) is 16.3 Å². The van der Waals surface area contributed by atoms with Gasteiger partial charge in [0, 0.05) is 18.0 Å². The van der Waals surface area contributed by atoms with Gasteiger partial charge in [-0.2, -0.15) is 0 Å². The molecule has 2 bridgehead atoms. The number of carbonyl (C=O) groups is 1. The molecule has 4 heteroatoms. The maximum absolute atomic E-state index is 12.0. The SMILES string of the molecule is CC(C)(C)OC(=O)N1CCC(C23CC(Cl)(C2)C3)CC1. The number of hydrogen-bond donors (Lipinski definition) is 0. The van der Waals surface area contributed by atoms with Crippen molar-refractivity contribution in [2.75, 3.05) is 13.1 Å². The zero-order valence-electron chi connectivity index (χ0n) is 12.2. The van der Waals surface area contributed by atoms with Crippen LogP contribution in [0.2, 0.25) is 0 Å². The lowest BCUT2D eigenvalue weighted by Gasteiger charge is -2.71. The van der Waals surface area contributed by atoms with Gasteiger partial charge in [0.15, 0.2) is 0 Å². The second-order valence-corrected chi connectivity index (χ2v) is 8.59. The summed E-state index contributed by atoms with van der Waals surface area (Å²) in [7, 11) is 0. The van der Waals surface area contributed by atoms with Gasteiger partial charge in [0.05, 0.1) is 0 Å². The predicted octanol–water partition coefficient (Wildman–Crippen LogP) is 3.80. The summed E-state index contributed by atoms with van der Waals surface area (Å²) in [5.41, 5.74) is 0.147. The molecule has 0 atom stereocenters. The maximum Gasteiger partial charge on any atom is 0.410 e. The smallest absolute Gasteiger partial charge is 0.410 e. The fourth-order valence-electron chi connectivity index (χ4n) is 4.17. The maximum atomic E-state index is 12.0. The van der Waals surface area contributed by atoms with Crippen LogP contribution in [0.1, 0.15) is 52.9 Å². The second-order valence-electron chi connectivity index (χ2n) is 7.79. The van der Waals surface area contributed by atoms with Crippen molar-refractivity contribution in [3.63, 3.8) is 0 Å². The van der Waals surface area contributed by atoms with Gasteiger partial charge < -0.3 is 9.64 Å². The topological polar surface area (TPSA) is 29.5 Å². The monoisotopic (exact) mass is 285 g/mol. The number of likely N-dealkylation sites (tertiary alicyclic amines) is 1. The molecule has 1 saturated heterocycles. The van der Waals surface area contributed by atoms with Crippen LogP contribution in [0.5, 0.6) is 0 Å². The Morgan fingerprint density at radius 2 is 1.74 bits per heavy atom. The van der Waals surface area contributed by atoms with E-state index >= 15 is 0 Å². The average molecular weight is 286 g/mol. The summed E-state index contributed by atoms with van der Waals surface area (Å²) in [5, 5.41) is 0. The van der Waals surface area contributed by atoms with Crippen LogP contribution in [0.3, 0.4) is 0 Å². The molecule has 0 N–H and O–H groups in total. The number of halogens is 1. The Kier molecular flexibility index (Phi) is 2.87. The van der Waals surface area contributed by atoms with Gasteiger partial charge in [0.1, 0.15) is 5.60 Å². The van der Waals surface area contributed by atoms with Gasteiger partial charge in [-0.15, -0.1) is 11.6 Å². The molecule has 0 radical (unpaired) electrons. The average Bonchev–Trinajstić information content (AvgIpc) is 2.21. The molecule has 4 fully saturated rings. The first-order chi connectivity index (χ1) is 8.72. The molecule has 4 aliphatic rings. The Balaban J connectivity index is 1.49. The molecule has 0 aromatic carbocycles. The molecule has 0 aromatic heterocycles. The van der Waals surface area contributed by atoms with Gasteiger partial charge in [-0.05, 0) is 64.2 Å². The van der Waals surface area contributed by atoms with Crippen LogP contribution in [-0.2, 0) is 4.74 Å². The zero-order valence-corrected chi connectivity index (χ0v) is 12.9. The van der Waals surface area contributed by atoms with Crippen molar-refractivity contribution in [1.29, 1.82) is 0 Å². The largest absolute Gasteiger partial charge is 0.444 e. The first kappa shape index (κ1) is 13.5. The highest BCUT2D eigenvalue weighted by molar-refractivity contribution is 6.26. The van der Waals surface area contributed by atoms with Gasteiger partial charge in [-0.3, -0.25) is 0 Å². The summed E-state index contributed by atoms with van der Waals surface area (Å²) in [6.45, 7) is 7.44. The lowest BCUT2D eigenvalue weighted by Crippen LogP contribution is -2.67. The Morgan fingerprint density at radius 1 is 1.21 bits per heavy atom. The highest BCUT2D eigenvalue weighted by Gasteiger charge is 2.69. The van der Waals surface area contributed by atoms with E-state index in [0.29, 0.717) is 5.41 Å². The number of piperidine rings is 1. The zero-order chi connectivity index (χ0) is 13.9. The van der Waals surface area contributed by atoms with Crippen molar-refractivity contribution in [3.05, 3.63) is 0 Å². The third-order valence-corrected chi connectivity index (χ3v) is 5.42. The van der Waals surface area contributed by atoms with Crippen LogP contribution in [0, 0.1) is 11.3 Å². The second kappa shape index (κ2) is 4.03. The summed E-state index contributed by atoms with van der Waals surface area (Å²) < 4.78 is 5.43. The molecule has 0 unspecified atom stereocenters. The van der Waals surface area contributed by atoms with Gasteiger partial charge in [-0.1, -0.05) is 0 Å². The minimum Gasteiger partial charge on any atom is -0.444 e. The Labute approximate surface area is 120 Å². The van der Waals surface area contributed by atoms with E-state index in [9.17, 15) is 4.79 Å². The highest BCUT2D eigenvalue weighted by Crippen LogP contribution is 2.74. The van der Waals surface area contributed by atoms with Gasteiger partial charge in [-0.25, -0.2) is 4.79 Å². The third-order valence-electron chi connectivity index (χ3n) is 5.02. The van der Waals surface area contributed by atoms with Crippen LogP contribution in [0.25, 0.3) is 0 Å². The molecule has 0 aromatic rings.